The first-order valence-corrected chi connectivity index (χ1v) is 14.0. The molecule has 0 aliphatic carbocycles. The van der Waals surface area contributed by atoms with Crippen molar-refractivity contribution < 1.29 is 9.90 Å². The van der Waals surface area contributed by atoms with E-state index in [1.165, 1.54) is 6.20 Å². The highest BCUT2D eigenvalue weighted by Crippen LogP contribution is 2.39. The van der Waals surface area contributed by atoms with Crippen LogP contribution in [0.5, 0.6) is 0 Å². The largest absolute Gasteiger partial charge is 0.384 e. The summed E-state index contributed by atoms with van der Waals surface area (Å²) in [7, 11) is 4.13. The quantitative estimate of drug-likeness (QED) is 0.223. The van der Waals surface area contributed by atoms with Crippen molar-refractivity contribution in [3.05, 3.63) is 66.6 Å². The van der Waals surface area contributed by atoms with Crippen molar-refractivity contribution in [3.8, 4) is 0 Å². The van der Waals surface area contributed by atoms with Gasteiger partial charge < -0.3 is 26.0 Å². The van der Waals surface area contributed by atoms with Crippen molar-refractivity contribution in [1.82, 2.24) is 34.9 Å². The summed E-state index contributed by atoms with van der Waals surface area (Å²) >= 11 is 0. The summed E-state index contributed by atoms with van der Waals surface area (Å²) < 4.78 is 1.87. The third-order valence-electron chi connectivity index (χ3n) is 7.99. The van der Waals surface area contributed by atoms with Gasteiger partial charge in [0, 0.05) is 56.0 Å². The van der Waals surface area contributed by atoms with Gasteiger partial charge in [0.15, 0.2) is 0 Å². The molecule has 2 fully saturated rings. The minimum Gasteiger partial charge on any atom is -0.384 e. The van der Waals surface area contributed by atoms with E-state index in [9.17, 15) is 9.90 Å². The zero-order valence-corrected chi connectivity index (χ0v) is 24.3. The monoisotopic (exact) mass is 568 g/mol. The number of likely N-dealkylation sites (tertiary alicyclic amines) is 1. The number of benzene rings is 1. The van der Waals surface area contributed by atoms with E-state index in [0.717, 1.165) is 41.8 Å². The van der Waals surface area contributed by atoms with E-state index in [1.54, 1.807) is 38.1 Å². The highest BCUT2D eigenvalue weighted by Gasteiger charge is 2.42. The lowest BCUT2D eigenvalue weighted by Crippen LogP contribution is -2.44. The Hall–Kier alpha value is -4.55. The summed E-state index contributed by atoms with van der Waals surface area (Å²) in [6.07, 6.45) is 6.17. The maximum absolute atomic E-state index is 13.0. The number of amides is 1. The van der Waals surface area contributed by atoms with Crippen LogP contribution in [0.1, 0.15) is 36.3 Å². The number of piperazine rings is 1. The average Bonchev–Trinajstić information content (AvgIpc) is 3.65. The fourth-order valence-corrected chi connectivity index (χ4v) is 5.76. The van der Waals surface area contributed by atoms with E-state index in [-0.39, 0.29) is 17.3 Å². The summed E-state index contributed by atoms with van der Waals surface area (Å²) in [6.45, 7) is 9.32. The Morgan fingerprint density at radius 3 is 2.69 bits per heavy atom. The Morgan fingerprint density at radius 2 is 1.98 bits per heavy atom. The Balaban J connectivity index is 1.35. The number of anilines is 5. The number of fused-ring (bicyclic) bond motifs is 3. The molecule has 0 unspecified atom stereocenters. The van der Waals surface area contributed by atoms with Gasteiger partial charge in [-0.05, 0) is 51.6 Å². The van der Waals surface area contributed by atoms with Crippen LogP contribution in [-0.4, -0.2) is 79.4 Å². The molecule has 4 N–H and O–H groups in total. The smallest absolute Gasteiger partial charge is 0.256 e. The van der Waals surface area contributed by atoms with Crippen LogP contribution < -0.4 is 20.9 Å². The molecule has 42 heavy (non-hydrogen) atoms. The predicted octanol–water partition coefficient (Wildman–Crippen LogP) is 3.28. The molecule has 2 atom stereocenters. The minimum absolute atomic E-state index is 0.248. The SMILES string of the molecule is C=CCNC(=O)c1cnc(Nc2cc(N3C[C@H]4C[C@@H]3CN4C)c3cnn(C)c3c2)nc1Nc1cccc(C(C)(C)O)n1. The zero-order valence-electron chi connectivity index (χ0n) is 24.3. The van der Waals surface area contributed by atoms with E-state index in [2.05, 4.69) is 65.5 Å². The standard InChI is InChI=1S/C30H36N10O2/c1-6-10-31-28(41)22-14-32-29(37-27(22)36-26-9-7-8-25(35-26)30(2,3)42)34-18-11-23-21(15-33-39(23)5)24(12-18)40-17-19-13-20(40)16-38(19)4/h6-9,11-12,14-15,19-20,42H,1,10,13,16-17H2,2-5H3,(H,31,41)(H2,32,34,35,36,37)/t19-,20-/m1/s1. The first kappa shape index (κ1) is 27.6. The van der Waals surface area contributed by atoms with Crippen LogP contribution >= 0.6 is 0 Å². The Labute approximate surface area is 244 Å². The van der Waals surface area contributed by atoms with Gasteiger partial charge in [0.2, 0.25) is 5.95 Å². The number of hydrogen-bond acceptors (Lipinski definition) is 10. The third-order valence-corrected chi connectivity index (χ3v) is 7.99. The molecule has 0 saturated carbocycles. The molecule has 2 saturated heterocycles. The van der Waals surface area contributed by atoms with Gasteiger partial charge in [0.1, 0.15) is 22.8 Å². The van der Waals surface area contributed by atoms with Gasteiger partial charge in [0.25, 0.3) is 5.91 Å². The van der Waals surface area contributed by atoms with Gasteiger partial charge in [-0.2, -0.15) is 10.1 Å². The fraction of sp³-hybridized carbons (Fsp3) is 0.367. The molecule has 6 rings (SSSR count). The van der Waals surface area contributed by atoms with E-state index >= 15 is 0 Å². The van der Waals surface area contributed by atoms with Gasteiger partial charge in [-0.15, -0.1) is 6.58 Å². The number of nitrogens with one attached hydrogen (secondary N) is 3. The first-order valence-electron chi connectivity index (χ1n) is 14.0. The van der Waals surface area contributed by atoms with Crippen molar-refractivity contribution in [1.29, 1.82) is 0 Å². The van der Waals surface area contributed by atoms with Crippen molar-refractivity contribution >= 4 is 45.8 Å². The summed E-state index contributed by atoms with van der Waals surface area (Å²) in [5.41, 5.74) is 2.54. The number of likely N-dealkylation sites (N-methyl/N-ethyl adjacent to an activating group) is 1. The number of rotatable bonds is 9. The minimum atomic E-state index is -1.13. The summed E-state index contributed by atoms with van der Waals surface area (Å²) in [5.74, 6) is 0.669. The number of aromatic nitrogens is 5. The number of pyridine rings is 1. The normalized spacial score (nSPS) is 18.5. The zero-order chi connectivity index (χ0) is 29.6. The lowest BCUT2D eigenvalue weighted by molar-refractivity contribution is 0.0740. The van der Waals surface area contributed by atoms with Crippen LogP contribution in [0.3, 0.4) is 0 Å². The molecule has 2 bridgehead atoms. The molecule has 0 radical (unpaired) electrons. The molecule has 0 spiro atoms. The number of carbonyl (C=O) groups is 1. The van der Waals surface area contributed by atoms with Gasteiger partial charge in [-0.25, -0.2) is 9.97 Å². The van der Waals surface area contributed by atoms with Crippen molar-refractivity contribution in [3.63, 3.8) is 0 Å². The maximum Gasteiger partial charge on any atom is 0.256 e. The lowest BCUT2D eigenvalue weighted by atomic mass is 10.1. The highest BCUT2D eigenvalue weighted by molar-refractivity contribution is 5.99. The van der Waals surface area contributed by atoms with Crippen LogP contribution in [-0.2, 0) is 12.6 Å². The fourth-order valence-electron chi connectivity index (χ4n) is 5.76. The van der Waals surface area contributed by atoms with Crippen LogP contribution in [0, 0.1) is 0 Å². The van der Waals surface area contributed by atoms with E-state index < -0.39 is 5.60 Å². The summed E-state index contributed by atoms with van der Waals surface area (Å²) in [6, 6.07) is 10.5. The molecular weight excluding hydrogens is 532 g/mol. The first-order chi connectivity index (χ1) is 20.1. The van der Waals surface area contributed by atoms with Gasteiger partial charge in [0.05, 0.1) is 23.1 Å². The number of hydrogen-bond donors (Lipinski definition) is 4. The number of nitrogens with zero attached hydrogens (tertiary/aromatic N) is 7. The topological polar surface area (TPSA) is 136 Å². The Morgan fingerprint density at radius 1 is 1.14 bits per heavy atom. The predicted molar refractivity (Wildman–Crippen MR) is 163 cm³/mol. The lowest BCUT2D eigenvalue weighted by Gasteiger charge is -2.34. The molecule has 12 heteroatoms. The number of aliphatic hydroxyl groups is 1. The summed E-state index contributed by atoms with van der Waals surface area (Å²) in [4.78, 5) is 31.6. The number of carbonyl (C=O) groups excluding carboxylic acids is 1. The molecular formula is C30H36N10O2. The van der Waals surface area contributed by atoms with E-state index in [4.69, 9.17) is 0 Å². The van der Waals surface area contributed by atoms with Gasteiger partial charge >= 0.3 is 0 Å². The second-order valence-corrected chi connectivity index (χ2v) is 11.5. The van der Waals surface area contributed by atoms with E-state index in [1.807, 2.05) is 24.0 Å². The van der Waals surface area contributed by atoms with Crippen LogP contribution in [0.25, 0.3) is 10.9 Å². The van der Waals surface area contributed by atoms with Crippen LogP contribution in [0.15, 0.2) is 55.4 Å². The number of aryl methyl sites for hydroxylation is 1. The summed E-state index contributed by atoms with van der Waals surface area (Å²) in [5, 5.41) is 25.4. The average molecular weight is 569 g/mol. The molecule has 1 aromatic carbocycles. The van der Waals surface area contributed by atoms with Crippen LogP contribution in [0.4, 0.5) is 29.0 Å². The van der Waals surface area contributed by atoms with Gasteiger partial charge in [-0.1, -0.05) is 12.1 Å². The maximum atomic E-state index is 13.0. The second kappa shape index (κ2) is 10.7. The van der Waals surface area contributed by atoms with Gasteiger partial charge in [-0.3, -0.25) is 14.4 Å². The molecule has 12 nitrogen and oxygen atoms in total. The third kappa shape index (κ3) is 5.26. The van der Waals surface area contributed by atoms with E-state index in [0.29, 0.717) is 36.1 Å². The molecule has 4 aromatic rings. The second-order valence-electron chi connectivity index (χ2n) is 11.5. The highest BCUT2D eigenvalue weighted by atomic mass is 16.3. The van der Waals surface area contributed by atoms with Crippen LogP contribution in [0.2, 0.25) is 0 Å². The Bertz CT molecular complexity index is 1660. The molecule has 2 aliphatic heterocycles. The van der Waals surface area contributed by atoms with Crippen molar-refractivity contribution in [2.75, 3.05) is 42.2 Å². The molecule has 3 aromatic heterocycles. The van der Waals surface area contributed by atoms with Crippen molar-refractivity contribution in [2.24, 2.45) is 7.05 Å². The van der Waals surface area contributed by atoms with Crippen molar-refractivity contribution in [2.45, 2.75) is 38.0 Å². The molecule has 2 aliphatic rings. The molecule has 1 amide bonds. The Kier molecular flexibility index (Phi) is 7.03. The molecule has 218 valence electrons. The molecule has 5 heterocycles.